The zero-order valence-electron chi connectivity index (χ0n) is 11.3. The van der Waals surface area contributed by atoms with Crippen molar-refractivity contribution in [2.24, 2.45) is 0 Å². The molecule has 0 unspecified atom stereocenters. The third kappa shape index (κ3) is 3.80. The lowest BCUT2D eigenvalue weighted by Crippen LogP contribution is -2.39. The average molecular weight is 266 g/mol. The summed E-state index contributed by atoms with van der Waals surface area (Å²) >= 11 is 0. The van der Waals surface area contributed by atoms with E-state index in [4.69, 9.17) is 0 Å². The van der Waals surface area contributed by atoms with Gasteiger partial charge in [0.2, 0.25) is 0 Å². The van der Waals surface area contributed by atoms with Crippen LogP contribution in [0, 0.1) is 0 Å². The first-order valence-electron chi connectivity index (χ1n) is 6.58. The number of amides is 1. The van der Waals surface area contributed by atoms with Gasteiger partial charge in [-0.3, -0.25) is 10.2 Å². The maximum atomic E-state index is 12.0. The fourth-order valence-corrected chi connectivity index (χ4v) is 1.94. The average Bonchev–Trinajstić information content (AvgIpc) is 2.53. The minimum Gasteiger partial charge on any atom is -0.287 e. The zero-order chi connectivity index (χ0) is 14.2. The van der Waals surface area contributed by atoms with Crippen LogP contribution in [0.25, 0.3) is 0 Å². The van der Waals surface area contributed by atoms with Crippen molar-refractivity contribution >= 4 is 5.91 Å². The number of rotatable bonds is 6. The third-order valence-corrected chi connectivity index (χ3v) is 3.00. The highest BCUT2D eigenvalue weighted by Crippen LogP contribution is 2.15. The van der Waals surface area contributed by atoms with E-state index in [0.29, 0.717) is 5.56 Å². The lowest BCUT2D eigenvalue weighted by Gasteiger charge is -2.18. The van der Waals surface area contributed by atoms with Crippen molar-refractivity contribution < 1.29 is 4.79 Å². The summed E-state index contributed by atoms with van der Waals surface area (Å²) in [5.74, 6) is -0.143. The molecule has 0 aliphatic carbocycles. The molecule has 1 atom stereocenters. The molecule has 1 amide bonds. The third-order valence-electron chi connectivity index (χ3n) is 3.00. The zero-order valence-corrected chi connectivity index (χ0v) is 11.3. The van der Waals surface area contributed by atoms with Crippen LogP contribution in [0.4, 0.5) is 0 Å². The number of nitrogens with one attached hydrogen (secondary N) is 2. The summed E-state index contributed by atoms with van der Waals surface area (Å²) < 4.78 is 0. The molecule has 0 saturated carbocycles. The molecule has 2 rings (SSSR count). The first-order chi connectivity index (χ1) is 9.81. The van der Waals surface area contributed by atoms with Gasteiger partial charge in [0, 0.05) is 5.56 Å². The Labute approximate surface area is 119 Å². The standard InChI is InChI=1S/C17H18N2O/c1-2-9-16(14-10-5-3-6-11-14)18-19-17(20)15-12-7-4-8-13-15/h2-8,10-13,16,18H,1,9H2,(H,19,20)/t16-/m1/s1. The highest BCUT2D eigenvalue weighted by Gasteiger charge is 2.11. The second-order valence-electron chi connectivity index (χ2n) is 4.45. The van der Waals surface area contributed by atoms with E-state index < -0.39 is 0 Å². The molecule has 0 fully saturated rings. The van der Waals surface area contributed by atoms with E-state index >= 15 is 0 Å². The van der Waals surface area contributed by atoms with Crippen molar-refractivity contribution in [1.29, 1.82) is 0 Å². The molecule has 0 bridgehead atoms. The maximum Gasteiger partial charge on any atom is 0.265 e. The Morgan fingerprint density at radius 3 is 2.25 bits per heavy atom. The molecular formula is C17H18N2O. The molecular weight excluding hydrogens is 248 g/mol. The Morgan fingerprint density at radius 1 is 1.05 bits per heavy atom. The van der Waals surface area contributed by atoms with Crippen molar-refractivity contribution in [2.45, 2.75) is 12.5 Å². The summed E-state index contributed by atoms with van der Waals surface area (Å²) in [6, 6.07) is 19.1. The van der Waals surface area contributed by atoms with E-state index in [1.165, 1.54) is 0 Å². The summed E-state index contributed by atoms with van der Waals surface area (Å²) in [5.41, 5.74) is 7.55. The van der Waals surface area contributed by atoms with Crippen molar-refractivity contribution in [3.05, 3.63) is 84.4 Å². The molecule has 2 N–H and O–H groups in total. The van der Waals surface area contributed by atoms with Crippen LogP contribution < -0.4 is 10.9 Å². The Morgan fingerprint density at radius 2 is 1.65 bits per heavy atom. The molecule has 0 heterocycles. The molecule has 2 aromatic carbocycles. The van der Waals surface area contributed by atoms with E-state index in [2.05, 4.69) is 17.4 Å². The van der Waals surface area contributed by atoms with Crippen LogP contribution in [-0.4, -0.2) is 5.91 Å². The molecule has 20 heavy (non-hydrogen) atoms. The van der Waals surface area contributed by atoms with Crippen LogP contribution in [0.15, 0.2) is 73.3 Å². The fourth-order valence-electron chi connectivity index (χ4n) is 1.94. The van der Waals surface area contributed by atoms with Crippen LogP contribution in [0.3, 0.4) is 0 Å². The predicted octanol–water partition coefficient (Wildman–Crippen LogP) is 3.24. The summed E-state index contributed by atoms with van der Waals surface area (Å²) in [6.07, 6.45) is 2.57. The molecule has 0 saturated heterocycles. The number of benzene rings is 2. The smallest absolute Gasteiger partial charge is 0.265 e. The molecule has 102 valence electrons. The van der Waals surface area contributed by atoms with Crippen molar-refractivity contribution in [3.63, 3.8) is 0 Å². The predicted molar refractivity (Wildman–Crippen MR) is 81.0 cm³/mol. The maximum absolute atomic E-state index is 12.0. The number of hydrogen-bond donors (Lipinski definition) is 2. The van der Waals surface area contributed by atoms with Gasteiger partial charge in [-0.15, -0.1) is 6.58 Å². The Kier molecular flexibility index (Phi) is 5.09. The summed E-state index contributed by atoms with van der Waals surface area (Å²) in [5, 5.41) is 0. The summed E-state index contributed by atoms with van der Waals surface area (Å²) in [7, 11) is 0. The summed E-state index contributed by atoms with van der Waals surface area (Å²) in [4.78, 5) is 12.0. The molecule has 2 aromatic rings. The highest BCUT2D eigenvalue weighted by atomic mass is 16.2. The SMILES string of the molecule is C=CC[C@@H](NNC(=O)c1ccccc1)c1ccccc1. The summed E-state index contributed by atoms with van der Waals surface area (Å²) in [6.45, 7) is 3.76. The largest absolute Gasteiger partial charge is 0.287 e. The van der Waals surface area contributed by atoms with E-state index in [-0.39, 0.29) is 11.9 Å². The minimum atomic E-state index is -0.143. The van der Waals surface area contributed by atoms with Gasteiger partial charge in [0.15, 0.2) is 0 Å². The fraction of sp³-hybridized carbons (Fsp3) is 0.118. The highest BCUT2D eigenvalue weighted by molar-refractivity contribution is 5.93. The Bertz CT molecular complexity index is 552. The van der Waals surface area contributed by atoms with Gasteiger partial charge < -0.3 is 0 Å². The van der Waals surface area contributed by atoms with E-state index in [1.54, 1.807) is 12.1 Å². The van der Waals surface area contributed by atoms with Gasteiger partial charge in [-0.25, -0.2) is 5.43 Å². The monoisotopic (exact) mass is 266 g/mol. The minimum absolute atomic E-state index is 0.0152. The van der Waals surface area contributed by atoms with Crippen LogP contribution in [-0.2, 0) is 0 Å². The van der Waals surface area contributed by atoms with Crippen molar-refractivity contribution in [2.75, 3.05) is 0 Å². The molecule has 0 aliphatic heterocycles. The lowest BCUT2D eigenvalue weighted by molar-refractivity contribution is 0.0925. The Balaban J connectivity index is 1.99. The molecule has 3 nitrogen and oxygen atoms in total. The first-order valence-corrected chi connectivity index (χ1v) is 6.58. The van der Waals surface area contributed by atoms with Gasteiger partial charge in [0.05, 0.1) is 6.04 Å². The Hall–Kier alpha value is -2.39. The second kappa shape index (κ2) is 7.26. The van der Waals surface area contributed by atoms with Gasteiger partial charge in [-0.05, 0) is 24.1 Å². The number of carbonyl (C=O) groups is 1. The second-order valence-corrected chi connectivity index (χ2v) is 4.45. The van der Waals surface area contributed by atoms with Crippen LogP contribution >= 0.6 is 0 Å². The molecule has 0 radical (unpaired) electrons. The number of carbonyl (C=O) groups excluding carboxylic acids is 1. The van der Waals surface area contributed by atoms with Crippen molar-refractivity contribution in [3.8, 4) is 0 Å². The van der Waals surface area contributed by atoms with Crippen molar-refractivity contribution in [1.82, 2.24) is 10.9 Å². The van der Waals surface area contributed by atoms with Crippen LogP contribution in [0.5, 0.6) is 0 Å². The quantitative estimate of drug-likeness (QED) is 0.622. The normalized spacial score (nSPS) is 11.6. The topological polar surface area (TPSA) is 41.1 Å². The van der Waals surface area contributed by atoms with Crippen LogP contribution in [0.2, 0.25) is 0 Å². The lowest BCUT2D eigenvalue weighted by atomic mass is 10.0. The number of hydrogen-bond acceptors (Lipinski definition) is 2. The first kappa shape index (κ1) is 14.0. The van der Waals surface area contributed by atoms with E-state index in [9.17, 15) is 4.79 Å². The molecule has 0 spiro atoms. The van der Waals surface area contributed by atoms with Gasteiger partial charge in [-0.1, -0.05) is 54.6 Å². The van der Waals surface area contributed by atoms with Gasteiger partial charge >= 0.3 is 0 Å². The van der Waals surface area contributed by atoms with Gasteiger partial charge in [0.25, 0.3) is 5.91 Å². The van der Waals surface area contributed by atoms with E-state index in [0.717, 1.165) is 12.0 Å². The van der Waals surface area contributed by atoms with E-state index in [1.807, 2.05) is 54.6 Å². The molecule has 0 aromatic heterocycles. The number of hydrazine groups is 1. The van der Waals surface area contributed by atoms with Gasteiger partial charge in [0.1, 0.15) is 0 Å². The van der Waals surface area contributed by atoms with Gasteiger partial charge in [-0.2, -0.15) is 0 Å². The molecule has 0 aliphatic rings. The van der Waals surface area contributed by atoms with Crippen LogP contribution in [0.1, 0.15) is 28.4 Å². The molecule has 3 heteroatoms.